The van der Waals surface area contributed by atoms with Crippen molar-refractivity contribution in [3.63, 3.8) is 0 Å². The van der Waals surface area contributed by atoms with Crippen LogP contribution in [0, 0.1) is 0 Å². The summed E-state index contributed by atoms with van der Waals surface area (Å²) in [6.45, 7) is 0.623. The molecule has 1 saturated heterocycles. The molecule has 0 aliphatic carbocycles. The molecule has 6 heteroatoms. The highest BCUT2D eigenvalue weighted by atomic mass is 32.2. The van der Waals surface area contributed by atoms with Crippen molar-refractivity contribution in [1.82, 2.24) is 4.90 Å². The molecule has 1 heterocycles. The maximum atomic E-state index is 12.4. The number of hydrogen-bond donors (Lipinski definition) is 1. The van der Waals surface area contributed by atoms with Crippen LogP contribution >= 0.6 is 11.8 Å². The molecule has 1 aliphatic rings. The zero-order valence-corrected chi connectivity index (χ0v) is 12.8. The number of nitrogens with zero attached hydrogens (tertiary/aromatic N) is 1. The standard InChI is InChI=1S/C15H19NO4S/c1-20-13-4-2-11(3-5-13)8-14(17)16-6-7-21-10-12(16)9-15(18)19/h2-5,12H,6-10H2,1H3,(H,18,19). The SMILES string of the molecule is COc1ccc(CC(=O)N2CCSCC2CC(=O)O)cc1. The fraction of sp³-hybridized carbons (Fsp3) is 0.467. The number of methoxy groups -OCH3 is 1. The number of carbonyl (C=O) groups is 2. The van der Waals surface area contributed by atoms with Gasteiger partial charge in [-0.15, -0.1) is 0 Å². The zero-order chi connectivity index (χ0) is 15.2. The lowest BCUT2D eigenvalue weighted by Gasteiger charge is -2.34. The summed E-state index contributed by atoms with van der Waals surface area (Å²) in [5.74, 6) is 1.45. The van der Waals surface area contributed by atoms with Crippen LogP contribution in [0.1, 0.15) is 12.0 Å². The molecule has 5 nitrogen and oxygen atoms in total. The number of carboxylic acid groups (broad SMARTS) is 1. The Morgan fingerprint density at radius 1 is 1.38 bits per heavy atom. The molecule has 1 aliphatic heterocycles. The van der Waals surface area contributed by atoms with Gasteiger partial charge in [-0.2, -0.15) is 11.8 Å². The number of hydrogen-bond acceptors (Lipinski definition) is 4. The van der Waals surface area contributed by atoms with Crippen molar-refractivity contribution in [2.24, 2.45) is 0 Å². The molecule has 1 atom stereocenters. The number of aliphatic carboxylic acids is 1. The lowest BCUT2D eigenvalue weighted by Crippen LogP contribution is -2.47. The van der Waals surface area contributed by atoms with E-state index in [1.165, 1.54) is 0 Å². The van der Waals surface area contributed by atoms with Crippen LogP contribution in [0.15, 0.2) is 24.3 Å². The van der Waals surface area contributed by atoms with Crippen molar-refractivity contribution in [2.45, 2.75) is 18.9 Å². The van der Waals surface area contributed by atoms with Gasteiger partial charge >= 0.3 is 5.97 Å². The first kappa shape index (κ1) is 15.7. The molecular formula is C15H19NO4S. The minimum absolute atomic E-state index is 0.00767. The van der Waals surface area contributed by atoms with Gasteiger partial charge in [0, 0.05) is 18.1 Å². The summed E-state index contributed by atoms with van der Waals surface area (Å²) in [7, 11) is 1.60. The second-order valence-electron chi connectivity index (χ2n) is 4.94. The summed E-state index contributed by atoms with van der Waals surface area (Å²) in [5.41, 5.74) is 0.910. The predicted octanol–water partition coefficient (Wildman–Crippen LogP) is 1.66. The molecule has 0 spiro atoms. The van der Waals surface area contributed by atoms with Crippen LogP contribution in [0.3, 0.4) is 0 Å². The first-order chi connectivity index (χ1) is 10.1. The van der Waals surface area contributed by atoms with Crippen LogP contribution in [-0.2, 0) is 16.0 Å². The average molecular weight is 309 g/mol. The molecular weight excluding hydrogens is 290 g/mol. The van der Waals surface area contributed by atoms with E-state index < -0.39 is 5.97 Å². The zero-order valence-electron chi connectivity index (χ0n) is 11.9. The number of carboxylic acids is 1. The van der Waals surface area contributed by atoms with Crippen LogP contribution in [0.25, 0.3) is 0 Å². The molecule has 0 radical (unpaired) electrons. The van der Waals surface area contributed by atoms with Crippen LogP contribution in [0.2, 0.25) is 0 Å². The topological polar surface area (TPSA) is 66.8 Å². The normalized spacial score (nSPS) is 18.3. The highest BCUT2D eigenvalue weighted by molar-refractivity contribution is 7.99. The first-order valence-corrected chi connectivity index (χ1v) is 7.97. The molecule has 0 aromatic heterocycles. The summed E-state index contributed by atoms with van der Waals surface area (Å²) < 4.78 is 5.09. The smallest absolute Gasteiger partial charge is 0.305 e. The number of carbonyl (C=O) groups excluding carboxylic acids is 1. The summed E-state index contributed by atoms with van der Waals surface area (Å²) in [6, 6.07) is 7.17. The number of thioether (sulfide) groups is 1. The maximum absolute atomic E-state index is 12.4. The summed E-state index contributed by atoms with van der Waals surface area (Å²) >= 11 is 1.70. The van der Waals surface area contributed by atoms with E-state index in [9.17, 15) is 9.59 Å². The minimum atomic E-state index is -0.857. The van der Waals surface area contributed by atoms with E-state index in [0.717, 1.165) is 17.1 Å². The molecule has 1 aromatic carbocycles. The van der Waals surface area contributed by atoms with E-state index in [2.05, 4.69) is 0 Å². The molecule has 114 valence electrons. The Hall–Kier alpha value is -1.69. The highest BCUT2D eigenvalue weighted by Gasteiger charge is 2.28. The monoisotopic (exact) mass is 309 g/mol. The molecule has 21 heavy (non-hydrogen) atoms. The Morgan fingerprint density at radius 2 is 2.10 bits per heavy atom. The lowest BCUT2D eigenvalue weighted by molar-refractivity contribution is -0.140. The Balaban J connectivity index is 2.00. The van der Waals surface area contributed by atoms with Gasteiger partial charge in [-0.1, -0.05) is 12.1 Å². The average Bonchev–Trinajstić information content (AvgIpc) is 2.48. The molecule has 1 unspecified atom stereocenters. The second-order valence-corrected chi connectivity index (χ2v) is 6.09. The fourth-order valence-electron chi connectivity index (χ4n) is 2.37. The molecule has 1 N–H and O–H groups in total. The van der Waals surface area contributed by atoms with Crippen LogP contribution in [0.4, 0.5) is 0 Å². The largest absolute Gasteiger partial charge is 0.497 e. The van der Waals surface area contributed by atoms with Gasteiger partial charge in [0.2, 0.25) is 5.91 Å². The first-order valence-electron chi connectivity index (χ1n) is 6.82. The second kappa shape index (κ2) is 7.36. The number of benzene rings is 1. The third-order valence-corrected chi connectivity index (χ3v) is 4.56. The molecule has 0 saturated carbocycles. The molecule has 0 bridgehead atoms. The van der Waals surface area contributed by atoms with Gasteiger partial charge in [0.05, 0.1) is 26.0 Å². The number of ether oxygens (including phenoxy) is 1. The summed E-state index contributed by atoms with van der Waals surface area (Å²) in [6.07, 6.45) is 0.312. The van der Waals surface area contributed by atoms with Gasteiger partial charge in [0.15, 0.2) is 0 Å². The van der Waals surface area contributed by atoms with E-state index in [1.807, 2.05) is 24.3 Å². The Kier molecular flexibility index (Phi) is 5.50. The van der Waals surface area contributed by atoms with Gasteiger partial charge in [-0.3, -0.25) is 9.59 Å². The number of rotatable bonds is 5. The van der Waals surface area contributed by atoms with Gasteiger partial charge in [0.1, 0.15) is 5.75 Å². The fourth-order valence-corrected chi connectivity index (χ4v) is 3.44. The molecule has 1 aromatic rings. The molecule has 2 rings (SSSR count). The molecule has 1 fully saturated rings. The minimum Gasteiger partial charge on any atom is -0.497 e. The van der Waals surface area contributed by atoms with Crippen molar-refractivity contribution < 1.29 is 19.4 Å². The quantitative estimate of drug-likeness (QED) is 0.896. The van der Waals surface area contributed by atoms with Crippen molar-refractivity contribution in [3.8, 4) is 5.75 Å². The van der Waals surface area contributed by atoms with Crippen LogP contribution < -0.4 is 4.74 Å². The lowest BCUT2D eigenvalue weighted by atomic mass is 10.1. The van der Waals surface area contributed by atoms with Crippen molar-refractivity contribution in [3.05, 3.63) is 29.8 Å². The van der Waals surface area contributed by atoms with Crippen molar-refractivity contribution in [1.29, 1.82) is 0 Å². The van der Waals surface area contributed by atoms with Crippen molar-refractivity contribution in [2.75, 3.05) is 25.2 Å². The third-order valence-electron chi connectivity index (χ3n) is 3.47. The maximum Gasteiger partial charge on any atom is 0.305 e. The Morgan fingerprint density at radius 3 is 2.71 bits per heavy atom. The molecule has 1 amide bonds. The van der Waals surface area contributed by atoms with Gasteiger partial charge in [-0.25, -0.2) is 0 Å². The van der Waals surface area contributed by atoms with E-state index >= 15 is 0 Å². The number of amides is 1. The summed E-state index contributed by atoms with van der Waals surface area (Å²) in [4.78, 5) is 25.0. The van der Waals surface area contributed by atoms with Gasteiger partial charge < -0.3 is 14.7 Å². The van der Waals surface area contributed by atoms with Crippen LogP contribution in [-0.4, -0.2) is 53.1 Å². The van der Waals surface area contributed by atoms with E-state index in [-0.39, 0.29) is 18.4 Å². The van der Waals surface area contributed by atoms with Crippen molar-refractivity contribution >= 4 is 23.6 Å². The van der Waals surface area contributed by atoms with E-state index in [4.69, 9.17) is 9.84 Å². The third kappa shape index (κ3) is 4.39. The van der Waals surface area contributed by atoms with Gasteiger partial charge in [-0.05, 0) is 17.7 Å². The van der Waals surface area contributed by atoms with Crippen LogP contribution in [0.5, 0.6) is 5.75 Å². The summed E-state index contributed by atoms with van der Waals surface area (Å²) in [5, 5.41) is 8.95. The van der Waals surface area contributed by atoms with E-state index in [0.29, 0.717) is 18.7 Å². The Labute approximate surface area is 128 Å². The predicted molar refractivity (Wildman–Crippen MR) is 81.8 cm³/mol. The Bertz CT molecular complexity index is 503. The van der Waals surface area contributed by atoms with E-state index in [1.54, 1.807) is 23.8 Å². The highest BCUT2D eigenvalue weighted by Crippen LogP contribution is 2.20. The van der Waals surface area contributed by atoms with Gasteiger partial charge in [0.25, 0.3) is 0 Å².